The number of benzene rings is 2. The molecule has 0 fully saturated rings. The largest absolute Gasteiger partial charge is 0.481 e. The zero-order valence-electron chi connectivity index (χ0n) is 10.7. The van der Waals surface area contributed by atoms with Crippen LogP contribution in [0.25, 0.3) is 0 Å². The molecule has 2 aromatic rings. The van der Waals surface area contributed by atoms with E-state index in [0.29, 0.717) is 16.4 Å². The van der Waals surface area contributed by atoms with E-state index in [0.717, 1.165) is 0 Å². The summed E-state index contributed by atoms with van der Waals surface area (Å²) in [6.07, 6.45) is 0. The summed E-state index contributed by atoms with van der Waals surface area (Å²) in [5.41, 5.74) is 6.42. The lowest BCUT2D eigenvalue weighted by Crippen LogP contribution is -2.20. The second kappa shape index (κ2) is 6.65. The fraction of sp³-hybridized carbons (Fsp3) is 0.0714. The number of amides is 1. The predicted octanol–water partition coefficient (Wildman–Crippen LogP) is 3.73. The molecule has 0 atom stereocenters. The van der Waals surface area contributed by atoms with Gasteiger partial charge in [0.2, 0.25) is 0 Å². The molecule has 4 nitrogen and oxygen atoms in total. The Hall–Kier alpha value is -1.98. The monoisotopic (exact) mass is 328 g/mol. The van der Waals surface area contributed by atoms with Crippen LogP contribution >= 0.6 is 23.2 Å². The van der Waals surface area contributed by atoms with E-state index in [1.165, 1.54) is 24.3 Å². The van der Waals surface area contributed by atoms with Gasteiger partial charge >= 0.3 is 0 Å². The van der Waals surface area contributed by atoms with Crippen molar-refractivity contribution in [3.8, 4) is 5.75 Å². The quantitative estimate of drug-likeness (QED) is 0.840. The molecule has 0 aliphatic heterocycles. The Morgan fingerprint density at radius 1 is 1.24 bits per heavy atom. The number of anilines is 2. The first-order valence-corrected chi connectivity index (χ1v) is 6.64. The summed E-state index contributed by atoms with van der Waals surface area (Å²) in [7, 11) is 0. The molecule has 0 aliphatic carbocycles. The molecule has 3 N–H and O–H groups in total. The zero-order valence-corrected chi connectivity index (χ0v) is 12.2. The number of nitrogens with two attached hydrogens (primary N) is 1. The average Bonchev–Trinajstić information content (AvgIpc) is 2.43. The molecule has 0 aromatic heterocycles. The van der Waals surface area contributed by atoms with E-state index < -0.39 is 11.7 Å². The molecule has 2 rings (SSSR count). The van der Waals surface area contributed by atoms with Gasteiger partial charge in [-0.15, -0.1) is 0 Å². The van der Waals surface area contributed by atoms with Crippen molar-refractivity contribution in [2.45, 2.75) is 0 Å². The third-order valence-corrected chi connectivity index (χ3v) is 3.15. The van der Waals surface area contributed by atoms with Crippen LogP contribution < -0.4 is 15.8 Å². The van der Waals surface area contributed by atoms with Gasteiger partial charge in [0.05, 0.1) is 15.7 Å². The first-order valence-electron chi connectivity index (χ1n) is 5.89. The number of hydrogen-bond acceptors (Lipinski definition) is 3. The molecular weight excluding hydrogens is 318 g/mol. The fourth-order valence-electron chi connectivity index (χ4n) is 1.56. The summed E-state index contributed by atoms with van der Waals surface area (Å²) in [5.74, 6) is -1.29. The van der Waals surface area contributed by atoms with Crippen LogP contribution in [0.2, 0.25) is 10.0 Å². The lowest BCUT2D eigenvalue weighted by Gasteiger charge is -2.10. The van der Waals surface area contributed by atoms with Crippen LogP contribution in [0.3, 0.4) is 0 Å². The van der Waals surface area contributed by atoms with Gasteiger partial charge in [-0.1, -0.05) is 29.3 Å². The molecule has 7 heteroatoms. The SMILES string of the molecule is Nc1ccc(NC(=O)COc2cccc(Cl)c2F)c(Cl)c1. The number of nitrogens with one attached hydrogen (secondary N) is 1. The number of halogens is 3. The molecule has 0 aliphatic rings. The summed E-state index contributed by atoms with van der Waals surface area (Å²) in [6.45, 7) is -0.377. The second-order valence-electron chi connectivity index (χ2n) is 4.13. The van der Waals surface area contributed by atoms with E-state index in [4.69, 9.17) is 33.7 Å². The highest BCUT2D eigenvalue weighted by Gasteiger charge is 2.11. The van der Waals surface area contributed by atoms with Gasteiger partial charge in [-0.25, -0.2) is 4.39 Å². The number of carbonyl (C=O) groups is 1. The van der Waals surface area contributed by atoms with Gasteiger partial charge in [0.15, 0.2) is 18.2 Å². The van der Waals surface area contributed by atoms with Crippen molar-refractivity contribution in [2.24, 2.45) is 0 Å². The van der Waals surface area contributed by atoms with Crippen molar-refractivity contribution in [3.63, 3.8) is 0 Å². The molecule has 0 unspecified atom stereocenters. The number of hydrogen-bond donors (Lipinski definition) is 2. The lowest BCUT2D eigenvalue weighted by molar-refractivity contribution is -0.118. The van der Waals surface area contributed by atoms with Crippen molar-refractivity contribution < 1.29 is 13.9 Å². The van der Waals surface area contributed by atoms with Crippen molar-refractivity contribution in [1.29, 1.82) is 0 Å². The van der Waals surface area contributed by atoms with Crippen LogP contribution in [0.5, 0.6) is 5.75 Å². The molecule has 2 aromatic carbocycles. The van der Waals surface area contributed by atoms with Crippen LogP contribution in [0.4, 0.5) is 15.8 Å². The zero-order chi connectivity index (χ0) is 15.4. The number of carbonyl (C=O) groups excluding carboxylic acids is 1. The van der Waals surface area contributed by atoms with E-state index in [1.807, 2.05) is 0 Å². The van der Waals surface area contributed by atoms with E-state index in [-0.39, 0.29) is 17.4 Å². The summed E-state index contributed by atoms with van der Waals surface area (Å²) in [4.78, 5) is 11.7. The Morgan fingerprint density at radius 3 is 2.71 bits per heavy atom. The number of rotatable bonds is 4. The summed E-state index contributed by atoms with van der Waals surface area (Å²) in [6, 6.07) is 8.96. The van der Waals surface area contributed by atoms with Gasteiger partial charge in [0.1, 0.15) is 0 Å². The Morgan fingerprint density at radius 2 is 2.00 bits per heavy atom. The van der Waals surface area contributed by atoms with Gasteiger partial charge in [-0.2, -0.15) is 0 Å². The fourth-order valence-corrected chi connectivity index (χ4v) is 1.96. The minimum Gasteiger partial charge on any atom is -0.481 e. The summed E-state index contributed by atoms with van der Waals surface area (Å²) in [5, 5.41) is 2.76. The van der Waals surface area contributed by atoms with Crippen molar-refractivity contribution in [2.75, 3.05) is 17.7 Å². The molecule has 0 saturated carbocycles. The average molecular weight is 329 g/mol. The third kappa shape index (κ3) is 4.00. The Labute approximate surface area is 130 Å². The highest BCUT2D eigenvalue weighted by atomic mass is 35.5. The minimum absolute atomic E-state index is 0.0745. The molecular formula is C14H11Cl2FN2O2. The third-order valence-electron chi connectivity index (χ3n) is 2.54. The standard InChI is InChI=1S/C14H11Cl2FN2O2/c15-9-2-1-3-12(14(9)17)21-7-13(20)19-11-5-4-8(18)6-10(11)16/h1-6H,7,18H2,(H,19,20). The lowest BCUT2D eigenvalue weighted by atomic mass is 10.3. The summed E-state index contributed by atoms with van der Waals surface area (Å²) >= 11 is 11.5. The van der Waals surface area contributed by atoms with Crippen LogP contribution in [-0.2, 0) is 4.79 Å². The van der Waals surface area contributed by atoms with Gasteiger partial charge < -0.3 is 15.8 Å². The highest BCUT2D eigenvalue weighted by Crippen LogP contribution is 2.25. The van der Waals surface area contributed by atoms with Crippen molar-refractivity contribution in [3.05, 3.63) is 52.3 Å². The molecule has 110 valence electrons. The molecule has 1 amide bonds. The normalized spacial score (nSPS) is 10.2. The summed E-state index contributed by atoms with van der Waals surface area (Å²) < 4.78 is 18.6. The van der Waals surface area contributed by atoms with Crippen LogP contribution in [0, 0.1) is 5.82 Å². The molecule has 0 heterocycles. The number of nitrogen functional groups attached to an aromatic ring is 1. The maximum Gasteiger partial charge on any atom is 0.262 e. The molecule has 0 bridgehead atoms. The highest BCUT2D eigenvalue weighted by molar-refractivity contribution is 6.34. The Kier molecular flexibility index (Phi) is 4.88. The van der Waals surface area contributed by atoms with E-state index in [1.54, 1.807) is 12.1 Å². The Bertz CT molecular complexity index is 680. The maximum absolute atomic E-state index is 13.6. The first-order chi connectivity index (χ1) is 9.97. The van der Waals surface area contributed by atoms with Crippen molar-refractivity contribution in [1.82, 2.24) is 0 Å². The molecule has 0 radical (unpaired) electrons. The van der Waals surface area contributed by atoms with E-state index in [2.05, 4.69) is 5.32 Å². The predicted molar refractivity (Wildman–Crippen MR) is 81.4 cm³/mol. The van der Waals surface area contributed by atoms with Gasteiger partial charge in [0, 0.05) is 5.69 Å². The van der Waals surface area contributed by atoms with Gasteiger partial charge in [-0.05, 0) is 30.3 Å². The van der Waals surface area contributed by atoms with Crippen LogP contribution in [-0.4, -0.2) is 12.5 Å². The van der Waals surface area contributed by atoms with E-state index >= 15 is 0 Å². The number of ether oxygens (including phenoxy) is 1. The minimum atomic E-state index is -0.711. The van der Waals surface area contributed by atoms with Gasteiger partial charge in [-0.3, -0.25) is 4.79 Å². The first kappa shape index (κ1) is 15.4. The maximum atomic E-state index is 13.6. The topological polar surface area (TPSA) is 64.3 Å². The van der Waals surface area contributed by atoms with Crippen LogP contribution in [0.1, 0.15) is 0 Å². The van der Waals surface area contributed by atoms with Crippen molar-refractivity contribution >= 4 is 40.5 Å². The molecule has 21 heavy (non-hydrogen) atoms. The Balaban J connectivity index is 1.97. The second-order valence-corrected chi connectivity index (χ2v) is 4.94. The van der Waals surface area contributed by atoms with E-state index in [9.17, 15) is 9.18 Å². The smallest absolute Gasteiger partial charge is 0.262 e. The molecule has 0 spiro atoms. The van der Waals surface area contributed by atoms with Gasteiger partial charge in [0.25, 0.3) is 5.91 Å². The van der Waals surface area contributed by atoms with Crippen LogP contribution in [0.15, 0.2) is 36.4 Å². The molecule has 0 saturated heterocycles.